The van der Waals surface area contributed by atoms with Crippen molar-refractivity contribution in [1.29, 1.82) is 0 Å². The molecule has 1 aliphatic heterocycles. The van der Waals surface area contributed by atoms with Crippen LogP contribution in [0, 0.1) is 5.82 Å². The van der Waals surface area contributed by atoms with Crippen molar-refractivity contribution >= 4 is 17.4 Å². The highest BCUT2D eigenvalue weighted by Crippen LogP contribution is 2.24. The van der Waals surface area contributed by atoms with E-state index in [9.17, 15) is 14.3 Å². The van der Waals surface area contributed by atoms with Crippen molar-refractivity contribution in [2.24, 2.45) is 0 Å². The first-order valence-corrected chi connectivity index (χ1v) is 10.4. The lowest BCUT2D eigenvalue weighted by Crippen LogP contribution is -2.32. The van der Waals surface area contributed by atoms with Crippen molar-refractivity contribution in [2.75, 3.05) is 30.4 Å². The number of hydrogen-bond donors (Lipinski definition) is 3. The summed E-state index contributed by atoms with van der Waals surface area (Å²) in [4.78, 5) is 19.0. The van der Waals surface area contributed by atoms with Crippen LogP contribution in [0.15, 0.2) is 60.8 Å². The summed E-state index contributed by atoms with van der Waals surface area (Å²) in [5.74, 6) is 1.10. The van der Waals surface area contributed by atoms with Crippen molar-refractivity contribution in [3.8, 4) is 11.5 Å². The Hall–Kier alpha value is -3.65. The zero-order valence-electron chi connectivity index (χ0n) is 17.7. The third kappa shape index (κ3) is 5.15. The number of anilines is 2. The van der Waals surface area contributed by atoms with Crippen LogP contribution in [0.4, 0.5) is 15.9 Å². The Morgan fingerprint density at radius 2 is 2.03 bits per heavy atom. The first-order chi connectivity index (χ1) is 15.5. The fourth-order valence-electron chi connectivity index (χ4n) is 3.66. The number of benzene rings is 2. The lowest BCUT2D eigenvalue weighted by atomic mass is 10.1. The van der Waals surface area contributed by atoms with E-state index in [1.807, 2.05) is 12.1 Å². The molecule has 0 radical (unpaired) electrons. The topological polar surface area (TPSA) is 86.7 Å². The summed E-state index contributed by atoms with van der Waals surface area (Å²) in [6, 6.07) is 14.6. The van der Waals surface area contributed by atoms with Crippen molar-refractivity contribution in [3.05, 3.63) is 77.7 Å². The Balaban J connectivity index is 1.31. The number of aromatic nitrogens is 1. The molecule has 0 saturated carbocycles. The fraction of sp³-hybridized carbons (Fsp3) is 0.250. The smallest absolute Gasteiger partial charge is 0.257 e. The number of nitrogens with zero attached hydrogens (tertiary/aromatic N) is 2. The summed E-state index contributed by atoms with van der Waals surface area (Å²) in [5.41, 5.74) is 1.74. The highest BCUT2D eigenvalue weighted by Gasteiger charge is 2.23. The van der Waals surface area contributed by atoms with E-state index in [1.165, 1.54) is 24.3 Å². The van der Waals surface area contributed by atoms with Gasteiger partial charge in [-0.2, -0.15) is 0 Å². The van der Waals surface area contributed by atoms with Gasteiger partial charge in [-0.3, -0.25) is 4.79 Å². The normalized spacial score (nSPS) is 15.6. The molecule has 3 aromatic rings. The summed E-state index contributed by atoms with van der Waals surface area (Å²) in [5, 5.41) is 16.2. The lowest BCUT2D eigenvalue weighted by Gasteiger charge is -2.18. The Labute approximate surface area is 185 Å². The molecule has 0 unspecified atom stereocenters. The molecule has 4 rings (SSSR count). The molecule has 1 atom stereocenters. The average molecular weight is 436 g/mol. The van der Waals surface area contributed by atoms with Crippen LogP contribution in [-0.4, -0.2) is 42.2 Å². The lowest BCUT2D eigenvalue weighted by molar-refractivity contribution is 0.102. The Morgan fingerprint density at radius 1 is 1.22 bits per heavy atom. The summed E-state index contributed by atoms with van der Waals surface area (Å²) in [6.07, 6.45) is 2.49. The summed E-state index contributed by atoms with van der Waals surface area (Å²) >= 11 is 0. The Morgan fingerprint density at radius 3 is 2.75 bits per heavy atom. The standard InChI is InChI=1S/C24H25FN4O3/c1-32-21-7-8-22(30)17(12-21)14-26-20-10-11-29(15-20)23-9-2-16(13-27-23)24(31)28-19-5-3-18(25)4-6-19/h2-9,12-13,20,26,30H,10-11,14-15H2,1H3,(H,28,31)/t20-/m0/s1. The molecular weight excluding hydrogens is 411 g/mol. The number of phenolic OH excluding ortho intramolecular Hbond substituents is 1. The number of methoxy groups -OCH3 is 1. The number of ether oxygens (including phenoxy) is 1. The van der Waals surface area contributed by atoms with Gasteiger partial charge in [0.15, 0.2) is 0 Å². The molecule has 1 aromatic heterocycles. The van der Waals surface area contributed by atoms with E-state index in [2.05, 4.69) is 20.5 Å². The van der Waals surface area contributed by atoms with Crippen LogP contribution in [-0.2, 0) is 6.54 Å². The van der Waals surface area contributed by atoms with E-state index in [-0.39, 0.29) is 23.5 Å². The number of hydrogen-bond acceptors (Lipinski definition) is 6. The number of phenols is 1. The van der Waals surface area contributed by atoms with Gasteiger partial charge in [-0.05, 0) is 61.0 Å². The van der Waals surface area contributed by atoms with E-state index < -0.39 is 0 Å². The van der Waals surface area contributed by atoms with E-state index in [4.69, 9.17) is 4.74 Å². The maximum Gasteiger partial charge on any atom is 0.257 e. The average Bonchev–Trinajstić information content (AvgIpc) is 3.29. The summed E-state index contributed by atoms with van der Waals surface area (Å²) in [7, 11) is 1.60. The van der Waals surface area contributed by atoms with Crippen molar-refractivity contribution in [1.82, 2.24) is 10.3 Å². The minimum Gasteiger partial charge on any atom is -0.508 e. The third-order valence-electron chi connectivity index (χ3n) is 5.49. The van der Waals surface area contributed by atoms with Gasteiger partial charge >= 0.3 is 0 Å². The molecule has 0 spiro atoms. The van der Waals surface area contributed by atoms with Crippen LogP contribution in [0.5, 0.6) is 11.5 Å². The minimum absolute atomic E-state index is 0.240. The minimum atomic E-state index is -0.354. The highest BCUT2D eigenvalue weighted by molar-refractivity contribution is 6.04. The summed E-state index contributed by atoms with van der Waals surface area (Å²) in [6.45, 7) is 2.16. The number of halogens is 1. The predicted octanol–water partition coefficient (Wildman–Crippen LogP) is 3.56. The van der Waals surface area contributed by atoms with Crippen LogP contribution in [0.3, 0.4) is 0 Å². The Kier molecular flexibility index (Phi) is 6.51. The van der Waals surface area contributed by atoms with E-state index in [0.29, 0.717) is 23.5 Å². The number of pyridine rings is 1. The van der Waals surface area contributed by atoms with Crippen molar-refractivity contribution in [2.45, 2.75) is 19.0 Å². The fourth-order valence-corrected chi connectivity index (χ4v) is 3.66. The van der Waals surface area contributed by atoms with Gasteiger partial charge in [0.25, 0.3) is 5.91 Å². The molecule has 0 bridgehead atoms. The van der Waals surface area contributed by atoms with E-state index >= 15 is 0 Å². The molecule has 7 nitrogen and oxygen atoms in total. The van der Waals surface area contributed by atoms with Gasteiger partial charge in [0.1, 0.15) is 23.1 Å². The molecule has 1 aliphatic rings. The molecule has 2 heterocycles. The zero-order valence-corrected chi connectivity index (χ0v) is 17.7. The van der Waals surface area contributed by atoms with E-state index in [1.54, 1.807) is 31.5 Å². The van der Waals surface area contributed by atoms with Gasteiger partial charge in [0, 0.05) is 43.1 Å². The molecule has 32 heavy (non-hydrogen) atoms. The number of amides is 1. The molecule has 1 saturated heterocycles. The monoisotopic (exact) mass is 436 g/mol. The predicted molar refractivity (Wildman–Crippen MR) is 121 cm³/mol. The Bertz CT molecular complexity index is 1070. The van der Waals surface area contributed by atoms with Gasteiger partial charge in [-0.15, -0.1) is 0 Å². The number of carbonyl (C=O) groups excluding carboxylic acids is 1. The molecule has 8 heteroatoms. The molecular formula is C24H25FN4O3. The molecule has 3 N–H and O–H groups in total. The van der Waals surface area contributed by atoms with Gasteiger partial charge in [0.2, 0.25) is 0 Å². The second kappa shape index (κ2) is 9.65. The first-order valence-electron chi connectivity index (χ1n) is 10.4. The second-order valence-electron chi connectivity index (χ2n) is 7.67. The van der Waals surface area contributed by atoms with Crippen LogP contribution in [0.2, 0.25) is 0 Å². The molecule has 2 aromatic carbocycles. The van der Waals surface area contributed by atoms with Gasteiger partial charge in [-0.1, -0.05) is 0 Å². The quantitative estimate of drug-likeness (QED) is 0.525. The van der Waals surface area contributed by atoms with Crippen LogP contribution in [0.1, 0.15) is 22.3 Å². The van der Waals surface area contributed by atoms with Crippen molar-refractivity contribution < 1.29 is 19.0 Å². The maximum absolute atomic E-state index is 13.0. The van der Waals surface area contributed by atoms with Crippen molar-refractivity contribution in [3.63, 3.8) is 0 Å². The molecule has 1 amide bonds. The van der Waals surface area contributed by atoms with Gasteiger partial charge in [0.05, 0.1) is 12.7 Å². The number of rotatable bonds is 7. The van der Waals surface area contributed by atoms with Crippen LogP contribution < -0.4 is 20.3 Å². The largest absolute Gasteiger partial charge is 0.508 e. The summed E-state index contributed by atoms with van der Waals surface area (Å²) < 4.78 is 18.2. The number of carbonyl (C=O) groups is 1. The molecule has 0 aliphatic carbocycles. The SMILES string of the molecule is COc1ccc(O)c(CN[C@H]2CCN(c3ccc(C(=O)Nc4ccc(F)cc4)cn3)C2)c1. The first kappa shape index (κ1) is 21.6. The van der Waals surface area contributed by atoms with Gasteiger partial charge < -0.3 is 25.4 Å². The second-order valence-corrected chi connectivity index (χ2v) is 7.67. The maximum atomic E-state index is 13.0. The van der Waals surface area contributed by atoms with E-state index in [0.717, 1.165) is 30.9 Å². The molecule has 166 valence electrons. The zero-order chi connectivity index (χ0) is 22.5. The van der Waals surface area contributed by atoms with Gasteiger partial charge in [-0.25, -0.2) is 9.37 Å². The van der Waals surface area contributed by atoms with Crippen LogP contribution in [0.25, 0.3) is 0 Å². The third-order valence-corrected chi connectivity index (χ3v) is 5.49. The highest BCUT2D eigenvalue weighted by atomic mass is 19.1. The number of aromatic hydroxyl groups is 1. The number of nitrogens with one attached hydrogen (secondary N) is 2. The van der Waals surface area contributed by atoms with Crippen LogP contribution >= 0.6 is 0 Å². The molecule has 1 fully saturated rings.